The van der Waals surface area contributed by atoms with E-state index in [-0.39, 0.29) is 30.0 Å². The van der Waals surface area contributed by atoms with Crippen LogP contribution in [0, 0.1) is 11.7 Å². The minimum Gasteiger partial charge on any atom is -0.355 e. The van der Waals surface area contributed by atoms with Crippen molar-refractivity contribution in [1.82, 2.24) is 5.32 Å². The van der Waals surface area contributed by atoms with Gasteiger partial charge in [-0.05, 0) is 66.6 Å². The predicted molar refractivity (Wildman–Crippen MR) is 102 cm³/mol. The van der Waals surface area contributed by atoms with Gasteiger partial charge in [-0.25, -0.2) is 4.39 Å². The van der Waals surface area contributed by atoms with Crippen LogP contribution in [0.4, 0.5) is 10.1 Å². The van der Waals surface area contributed by atoms with Gasteiger partial charge in [-0.15, -0.1) is 0 Å². The first kappa shape index (κ1) is 17.7. The van der Waals surface area contributed by atoms with Crippen molar-refractivity contribution in [2.45, 2.75) is 32.1 Å². The van der Waals surface area contributed by atoms with Crippen molar-refractivity contribution in [3.63, 3.8) is 0 Å². The monoisotopic (exact) mass is 366 g/mol. The van der Waals surface area contributed by atoms with E-state index in [0.717, 1.165) is 24.1 Å². The van der Waals surface area contributed by atoms with Gasteiger partial charge in [-0.1, -0.05) is 18.2 Å². The van der Waals surface area contributed by atoms with E-state index in [0.29, 0.717) is 19.5 Å². The van der Waals surface area contributed by atoms with Crippen LogP contribution in [0.25, 0.3) is 0 Å². The standard InChI is InChI=1S/C22H23FN2O2/c23-19-7-4-15(5-8-19)10-11-24-22(27)18-13-21(26)25(14-18)20-9-6-16-2-1-3-17(16)12-20/h4-9,12,18H,1-3,10-11,13-14H2,(H,24,27). The van der Waals surface area contributed by atoms with Crippen molar-refractivity contribution in [2.24, 2.45) is 5.92 Å². The van der Waals surface area contributed by atoms with E-state index in [1.54, 1.807) is 17.0 Å². The Hall–Kier alpha value is -2.69. The lowest BCUT2D eigenvalue weighted by molar-refractivity contribution is -0.126. The van der Waals surface area contributed by atoms with E-state index in [4.69, 9.17) is 0 Å². The molecule has 1 saturated heterocycles. The number of nitrogens with zero attached hydrogens (tertiary/aromatic N) is 1. The summed E-state index contributed by atoms with van der Waals surface area (Å²) in [6.45, 7) is 0.911. The Morgan fingerprint density at radius 3 is 2.70 bits per heavy atom. The van der Waals surface area contributed by atoms with Crippen molar-refractivity contribution < 1.29 is 14.0 Å². The van der Waals surface area contributed by atoms with Crippen LogP contribution < -0.4 is 10.2 Å². The van der Waals surface area contributed by atoms with Crippen LogP contribution in [-0.4, -0.2) is 24.9 Å². The number of carbonyl (C=O) groups excluding carboxylic acids is 2. The van der Waals surface area contributed by atoms with Crippen molar-refractivity contribution in [3.05, 3.63) is 65.0 Å². The topological polar surface area (TPSA) is 49.4 Å². The largest absolute Gasteiger partial charge is 0.355 e. The highest BCUT2D eigenvalue weighted by Crippen LogP contribution is 2.30. The second kappa shape index (κ2) is 7.51. The van der Waals surface area contributed by atoms with Crippen LogP contribution in [0.5, 0.6) is 0 Å². The molecule has 1 heterocycles. The SMILES string of the molecule is O=C(NCCc1ccc(F)cc1)C1CC(=O)N(c2ccc3c(c2)CCC3)C1. The van der Waals surface area contributed by atoms with E-state index in [2.05, 4.69) is 17.4 Å². The normalized spacial score (nSPS) is 18.6. The van der Waals surface area contributed by atoms with Gasteiger partial charge < -0.3 is 10.2 Å². The molecule has 2 aromatic rings. The molecule has 0 aromatic heterocycles. The smallest absolute Gasteiger partial charge is 0.227 e. The first-order valence-corrected chi connectivity index (χ1v) is 9.54. The molecule has 2 amide bonds. The first-order chi connectivity index (χ1) is 13.1. The first-order valence-electron chi connectivity index (χ1n) is 9.54. The van der Waals surface area contributed by atoms with E-state index < -0.39 is 0 Å². The zero-order valence-corrected chi connectivity index (χ0v) is 15.2. The summed E-state index contributed by atoms with van der Waals surface area (Å²) in [6.07, 6.45) is 4.24. The summed E-state index contributed by atoms with van der Waals surface area (Å²) in [7, 11) is 0. The molecule has 0 spiro atoms. The number of halogens is 1. The highest BCUT2D eigenvalue weighted by atomic mass is 19.1. The van der Waals surface area contributed by atoms with Gasteiger partial charge in [0.05, 0.1) is 5.92 Å². The van der Waals surface area contributed by atoms with E-state index >= 15 is 0 Å². The molecule has 5 heteroatoms. The molecule has 1 fully saturated rings. The van der Waals surface area contributed by atoms with Crippen LogP contribution in [0.3, 0.4) is 0 Å². The Labute approximate surface area is 158 Å². The van der Waals surface area contributed by atoms with Crippen LogP contribution >= 0.6 is 0 Å². The van der Waals surface area contributed by atoms with Gasteiger partial charge in [0.2, 0.25) is 11.8 Å². The summed E-state index contributed by atoms with van der Waals surface area (Å²) in [5, 5.41) is 2.91. The number of nitrogens with one attached hydrogen (secondary N) is 1. The lowest BCUT2D eigenvalue weighted by atomic mass is 10.1. The molecule has 1 unspecified atom stereocenters. The molecule has 1 N–H and O–H groups in total. The lowest BCUT2D eigenvalue weighted by Crippen LogP contribution is -2.34. The van der Waals surface area contributed by atoms with Crippen LogP contribution in [0.15, 0.2) is 42.5 Å². The lowest BCUT2D eigenvalue weighted by Gasteiger charge is -2.18. The molecule has 0 radical (unpaired) electrons. The van der Waals surface area contributed by atoms with Crippen molar-refractivity contribution in [1.29, 1.82) is 0 Å². The molecular formula is C22H23FN2O2. The van der Waals surface area contributed by atoms with Gasteiger partial charge >= 0.3 is 0 Å². The molecule has 1 aliphatic carbocycles. The zero-order valence-electron chi connectivity index (χ0n) is 15.2. The minimum absolute atomic E-state index is 0.00614. The molecule has 2 aromatic carbocycles. The van der Waals surface area contributed by atoms with Crippen LogP contribution in [0.2, 0.25) is 0 Å². The Morgan fingerprint density at radius 1 is 1.11 bits per heavy atom. The number of aryl methyl sites for hydroxylation is 2. The van der Waals surface area contributed by atoms with Crippen LogP contribution in [-0.2, 0) is 28.9 Å². The molecule has 4 rings (SSSR count). The number of amides is 2. The van der Waals surface area contributed by atoms with Crippen molar-refractivity contribution in [2.75, 3.05) is 18.0 Å². The van der Waals surface area contributed by atoms with Gasteiger partial charge in [0.25, 0.3) is 0 Å². The molecule has 27 heavy (non-hydrogen) atoms. The molecule has 2 aliphatic rings. The quantitative estimate of drug-likeness (QED) is 0.884. The van der Waals surface area contributed by atoms with E-state index in [9.17, 15) is 14.0 Å². The zero-order chi connectivity index (χ0) is 18.8. The average molecular weight is 366 g/mol. The highest BCUT2D eigenvalue weighted by molar-refractivity contribution is 6.00. The summed E-state index contributed by atoms with van der Waals surface area (Å²) >= 11 is 0. The average Bonchev–Trinajstić information content (AvgIpc) is 3.29. The highest BCUT2D eigenvalue weighted by Gasteiger charge is 2.35. The third-order valence-corrected chi connectivity index (χ3v) is 5.52. The maximum absolute atomic E-state index is 12.9. The number of carbonyl (C=O) groups is 2. The van der Waals surface area contributed by atoms with Gasteiger partial charge in [-0.2, -0.15) is 0 Å². The van der Waals surface area contributed by atoms with Crippen molar-refractivity contribution >= 4 is 17.5 Å². The van der Waals surface area contributed by atoms with Gasteiger partial charge in [0.1, 0.15) is 5.82 Å². The Bertz CT molecular complexity index is 863. The molecule has 0 saturated carbocycles. The third kappa shape index (κ3) is 3.87. The number of rotatable bonds is 5. The summed E-state index contributed by atoms with van der Waals surface area (Å²) in [5.41, 5.74) is 4.58. The van der Waals surface area contributed by atoms with E-state index in [1.165, 1.54) is 29.7 Å². The summed E-state index contributed by atoms with van der Waals surface area (Å²) in [5.74, 6) is -0.668. The second-order valence-electron chi connectivity index (χ2n) is 7.38. The van der Waals surface area contributed by atoms with Crippen LogP contribution in [0.1, 0.15) is 29.5 Å². The molecule has 4 nitrogen and oxygen atoms in total. The second-order valence-corrected chi connectivity index (χ2v) is 7.38. The molecule has 1 atom stereocenters. The van der Waals surface area contributed by atoms with Gasteiger partial charge in [0, 0.05) is 25.2 Å². The summed E-state index contributed by atoms with van der Waals surface area (Å²) < 4.78 is 12.9. The molecular weight excluding hydrogens is 343 g/mol. The van der Waals surface area contributed by atoms with Crippen molar-refractivity contribution in [3.8, 4) is 0 Å². The fourth-order valence-corrected chi connectivity index (χ4v) is 3.98. The minimum atomic E-state index is -0.320. The fourth-order valence-electron chi connectivity index (χ4n) is 3.98. The van der Waals surface area contributed by atoms with Gasteiger partial charge in [0.15, 0.2) is 0 Å². The van der Waals surface area contributed by atoms with E-state index in [1.807, 2.05) is 6.07 Å². The number of hydrogen-bond donors (Lipinski definition) is 1. The Morgan fingerprint density at radius 2 is 1.89 bits per heavy atom. The Balaban J connectivity index is 1.33. The number of hydrogen-bond acceptors (Lipinski definition) is 2. The molecule has 1 aliphatic heterocycles. The number of fused-ring (bicyclic) bond motifs is 1. The summed E-state index contributed by atoms with van der Waals surface area (Å²) in [4.78, 5) is 26.6. The molecule has 140 valence electrons. The Kier molecular flexibility index (Phi) is 4.92. The van der Waals surface area contributed by atoms with Gasteiger partial charge in [-0.3, -0.25) is 9.59 Å². The maximum Gasteiger partial charge on any atom is 0.227 e. The molecule has 0 bridgehead atoms. The maximum atomic E-state index is 12.9. The third-order valence-electron chi connectivity index (χ3n) is 5.52. The fraction of sp³-hybridized carbons (Fsp3) is 0.364. The summed E-state index contributed by atoms with van der Waals surface area (Å²) in [6, 6.07) is 12.5. The number of anilines is 1. The number of benzene rings is 2. The predicted octanol–water partition coefficient (Wildman–Crippen LogP) is 3.03.